The fourth-order valence-corrected chi connectivity index (χ4v) is 3.55. The Morgan fingerprint density at radius 2 is 2.14 bits per heavy atom. The van der Waals surface area contributed by atoms with E-state index in [0.717, 1.165) is 25.0 Å². The van der Waals surface area contributed by atoms with Crippen LogP contribution in [0.4, 0.5) is 0 Å². The van der Waals surface area contributed by atoms with Gasteiger partial charge in [-0.2, -0.15) is 0 Å². The quantitative estimate of drug-likeness (QED) is 0.881. The lowest BCUT2D eigenvalue weighted by molar-refractivity contribution is 0.0924. The van der Waals surface area contributed by atoms with Crippen molar-refractivity contribution in [3.05, 3.63) is 35.6 Å². The number of ketones is 1. The van der Waals surface area contributed by atoms with Gasteiger partial charge in [0.05, 0.1) is 0 Å². The van der Waals surface area contributed by atoms with Crippen molar-refractivity contribution in [2.75, 3.05) is 19.6 Å². The first-order valence-corrected chi connectivity index (χ1v) is 7.68. The van der Waals surface area contributed by atoms with Crippen LogP contribution in [0, 0.1) is 5.92 Å². The van der Waals surface area contributed by atoms with Crippen LogP contribution in [0.3, 0.4) is 0 Å². The summed E-state index contributed by atoms with van der Waals surface area (Å²) in [4.78, 5) is 26.2. The van der Waals surface area contributed by atoms with E-state index in [-0.39, 0.29) is 17.7 Å². The number of hydrogen-bond donors (Lipinski definition) is 1. The number of hydrogen-bond acceptors (Lipinski definition) is 4. The Kier molecular flexibility index (Phi) is 3.04. The third kappa shape index (κ3) is 2.22. The van der Waals surface area contributed by atoms with E-state index in [2.05, 4.69) is 10.2 Å². The van der Waals surface area contributed by atoms with Gasteiger partial charge in [0, 0.05) is 37.0 Å². The van der Waals surface area contributed by atoms with Gasteiger partial charge in [0.1, 0.15) is 5.58 Å². The molecule has 1 N–H and O–H groups in total. The Labute approximate surface area is 128 Å². The summed E-state index contributed by atoms with van der Waals surface area (Å²) in [6, 6.07) is 7.28. The number of fused-ring (bicyclic) bond motifs is 3. The molecular weight excluding hydrogens is 280 g/mol. The van der Waals surface area contributed by atoms with Crippen LogP contribution in [0.2, 0.25) is 0 Å². The molecule has 2 aliphatic heterocycles. The van der Waals surface area contributed by atoms with Crippen LogP contribution < -0.4 is 5.32 Å². The minimum atomic E-state index is -0.113. The first kappa shape index (κ1) is 13.5. The minimum Gasteiger partial charge on any atom is -0.453 e. The van der Waals surface area contributed by atoms with E-state index in [4.69, 9.17) is 4.42 Å². The van der Waals surface area contributed by atoms with Gasteiger partial charge in [-0.05, 0) is 37.1 Å². The molecule has 2 aromatic rings. The summed E-state index contributed by atoms with van der Waals surface area (Å²) in [6.45, 7) is 4.68. The molecule has 1 amide bonds. The monoisotopic (exact) mass is 298 g/mol. The van der Waals surface area contributed by atoms with Crippen LogP contribution in [0.25, 0.3) is 11.0 Å². The molecule has 1 aromatic carbocycles. The third-order valence-corrected chi connectivity index (χ3v) is 4.78. The topological polar surface area (TPSA) is 62.6 Å². The number of benzene rings is 1. The highest BCUT2D eigenvalue weighted by Gasteiger charge is 2.38. The number of Topliss-reactive ketones (excluding diaryl/α,β-unsaturated/α-hetero) is 1. The van der Waals surface area contributed by atoms with Crippen LogP contribution >= 0.6 is 0 Å². The van der Waals surface area contributed by atoms with Crippen molar-refractivity contribution in [3.63, 3.8) is 0 Å². The van der Waals surface area contributed by atoms with Crippen molar-refractivity contribution in [1.82, 2.24) is 10.2 Å². The average molecular weight is 298 g/mol. The van der Waals surface area contributed by atoms with Gasteiger partial charge >= 0.3 is 0 Å². The van der Waals surface area contributed by atoms with Gasteiger partial charge in [0.2, 0.25) is 0 Å². The maximum atomic E-state index is 12.4. The van der Waals surface area contributed by atoms with Crippen molar-refractivity contribution in [3.8, 4) is 0 Å². The molecule has 2 aliphatic rings. The number of carbonyl (C=O) groups is 2. The molecule has 2 bridgehead atoms. The van der Waals surface area contributed by atoms with Crippen LogP contribution in [0.1, 0.15) is 34.3 Å². The Balaban J connectivity index is 1.55. The summed E-state index contributed by atoms with van der Waals surface area (Å²) in [5.41, 5.74) is 1.16. The van der Waals surface area contributed by atoms with Crippen LogP contribution in [-0.2, 0) is 0 Å². The molecule has 5 nitrogen and oxygen atoms in total. The fraction of sp³-hybridized carbons (Fsp3) is 0.412. The number of rotatable bonds is 3. The summed E-state index contributed by atoms with van der Waals surface area (Å²) in [7, 11) is 0. The van der Waals surface area contributed by atoms with E-state index in [9.17, 15) is 9.59 Å². The highest BCUT2D eigenvalue weighted by Crippen LogP contribution is 2.28. The number of carbonyl (C=O) groups excluding carboxylic acids is 2. The molecule has 0 saturated carbocycles. The van der Waals surface area contributed by atoms with Crippen molar-refractivity contribution in [1.29, 1.82) is 0 Å². The second kappa shape index (κ2) is 4.95. The van der Waals surface area contributed by atoms with E-state index in [1.165, 1.54) is 13.3 Å². The van der Waals surface area contributed by atoms with E-state index >= 15 is 0 Å². The number of nitrogens with zero attached hydrogens (tertiary/aromatic N) is 1. The Hall–Kier alpha value is -2.14. The molecule has 3 heterocycles. The number of amides is 1. The van der Waals surface area contributed by atoms with Crippen LogP contribution in [0.5, 0.6) is 0 Å². The van der Waals surface area contributed by atoms with Gasteiger partial charge in [-0.25, -0.2) is 0 Å². The predicted molar refractivity (Wildman–Crippen MR) is 82.0 cm³/mol. The zero-order valence-electron chi connectivity index (χ0n) is 12.5. The zero-order chi connectivity index (χ0) is 15.3. The predicted octanol–water partition coefficient (Wildman–Crippen LogP) is 2.07. The molecule has 1 aromatic heterocycles. The lowest BCUT2D eigenvalue weighted by Crippen LogP contribution is -2.43. The van der Waals surface area contributed by atoms with Gasteiger partial charge in [-0.15, -0.1) is 0 Å². The first-order chi connectivity index (χ1) is 10.6. The molecule has 0 aliphatic carbocycles. The average Bonchev–Trinajstić information content (AvgIpc) is 3.20. The fourth-order valence-electron chi connectivity index (χ4n) is 3.55. The molecule has 2 saturated heterocycles. The smallest absolute Gasteiger partial charge is 0.251 e. The van der Waals surface area contributed by atoms with E-state index in [1.54, 1.807) is 18.2 Å². The summed E-state index contributed by atoms with van der Waals surface area (Å²) < 4.78 is 5.50. The lowest BCUT2D eigenvalue weighted by Gasteiger charge is -2.23. The maximum absolute atomic E-state index is 12.4. The molecule has 3 unspecified atom stereocenters. The Morgan fingerprint density at radius 3 is 2.82 bits per heavy atom. The van der Waals surface area contributed by atoms with Gasteiger partial charge in [-0.1, -0.05) is 6.07 Å². The summed E-state index contributed by atoms with van der Waals surface area (Å²) in [5.74, 6) is 0.730. The molecule has 22 heavy (non-hydrogen) atoms. The zero-order valence-corrected chi connectivity index (χ0v) is 12.5. The maximum Gasteiger partial charge on any atom is 0.251 e. The molecule has 5 heteroatoms. The Bertz CT molecular complexity index is 764. The van der Waals surface area contributed by atoms with Crippen LogP contribution in [-0.4, -0.2) is 42.3 Å². The lowest BCUT2D eigenvalue weighted by atomic mass is 9.99. The van der Waals surface area contributed by atoms with E-state index < -0.39 is 0 Å². The first-order valence-electron chi connectivity index (χ1n) is 7.68. The molecule has 0 spiro atoms. The van der Waals surface area contributed by atoms with Crippen molar-refractivity contribution in [2.24, 2.45) is 5.92 Å². The standard InChI is InChI=1S/C17H18N2O3/c1-10(20)15-6-11-2-3-12(7-16(11)22-15)17(21)18-14-9-19-5-4-13(14)8-19/h2-3,6-7,13-14H,4-5,8-9H2,1H3,(H,18,21). The number of piperidine rings is 1. The minimum absolute atomic E-state index is 0.0681. The van der Waals surface area contributed by atoms with E-state index in [1.807, 2.05) is 6.07 Å². The SMILES string of the molecule is CC(=O)c1cc2ccc(C(=O)NC3CN4CCC3C4)cc2o1. The van der Waals surface area contributed by atoms with Gasteiger partial charge in [-0.3, -0.25) is 9.59 Å². The van der Waals surface area contributed by atoms with Gasteiger partial charge in [0.25, 0.3) is 5.91 Å². The summed E-state index contributed by atoms with van der Waals surface area (Å²) in [5, 5.41) is 3.97. The highest BCUT2D eigenvalue weighted by atomic mass is 16.3. The Morgan fingerprint density at radius 1 is 1.27 bits per heavy atom. The second-order valence-electron chi connectivity index (χ2n) is 6.31. The van der Waals surface area contributed by atoms with E-state index in [0.29, 0.717) is 22.8 Å². The normalized spacial score (nSPS) is 26.5. The third-order valence-electron chi connectivity index (χ3n) is 4.78. The van der Waals surface area contributed by atoms with Gasteiger partial charge < -0.3 is 14.6 Å². The molecule has 0 radical (unpaired) electrons. The summed E-state index contributed by atoms with van der Waals surface area (Å²) in [6.07, 6.45) is 1.17. The molecular formula is C17H18N2O3. The van der Waals surface area contributed by atoms with Crippen LogP contribution in [0.15, 0.2) is 28.7 Å². The van der Waals surface area contributed by atoms with Gasteiger partial charge in [0.15, 0.2) is 11.5 Å². The van der Waals surface area contributed by atoms with Crippen molar-refractivity contribution in [2.45, 2.75) is 19.4 Å². The van der Waals surface area contributed by atoms with Crippen molar-refractivity contribution < 1.29 is 14.0 Å². The largest absolute Gasteiger partial charge is 0.453 e. The molecule has 3 atom stereocenters. The molecule has 114 valence electrons. The number of nitrogens with one attached hydrogen (secondary N) is 1. The number of furan rings is 1. The molecule has 2 fully saturated rings. The molecule has 4 rings (SSSR count). The van der Waals surface area contributed by atoms with Crippen molar-refractivity contribution >= 4 is 22.7 Å². The summed E-state index contributed by atoms with van der Waals surface area (Å²) >= 11 is 0. The highest BCUT2D eigenvalue weighted by molar-refractivity contribution is 6.00. The second-order valence-corrected chi connectivity index (χ2v) is 6.31.